The number of nitrogens with zero attached hydrogens (tertiary/aromatic N) is 4. The molecule has 2 saturated heterocycles. The number of hydrogen-bond acceptors (Lipinski definition) is 4. The summed E-state index contributed by atoms with van der Waals surface area (Å²) in [5, 5.41) is 7.49. The van der Waals surface area contributed by atoms with Crippen molar-refractivity contribution in [2.24, 2.45) is 5.92 Å². The standard InChI is InChI=1S/C13H17ClF2N4/c1-19-4-2-8-3-5-20(10(8)7-19)11-6-9(13(15)16)12(14)18-17-11/h6,8,10,13H,2-5,7H2,1H3/t8-,10-/m0/s1. The van der Waals surface area contributed by atoms with Gasteiger partial charge < -0.3 is 9.80 Å². The van der Waals surface area contributed by atoms with E-state index >= 15 is 0 Å². The fraction of sp³-hybridized carbons (Fsp3) is 0.692. The third-order valence-corrected chi connectivity index (χ3v) is 4.65. The van der Waals surface area contributed by atoms with E-state index in [2.05, 4.69) is 27.0 Å². The van der Waals surface area contributed by atoms with E-state index in [1.54, 1.807) is 0 Å². The topological polar surface area (TPSA) is 32.3 Å². The first kappa shape index (κ1) is 13.9. The Morgan fingerprint density at radius 3 is 2.80 bits per heavy atom. The Bertz CT molecular complexity index is 499. The maximum Gasteiger partial charge on any atom is 0.267 e. The summed E-state index contributed by atoms with van der Waals surface area (Å²) in [6, 6.07) is 1.73. The number of fused-ring (bicyclic) bond motifs is 1. The molecule has 0 N–H and O–H groups in total. The Morgan fingerprint density at radius 2 is 2.05 bits per heavy atom. The van der Waals surface area contributed by atoms with Crippen molar-refractivity contribution in [3.63, 3.8) is 0 Å². The highest BCUT2D eigenvalue weighted by atomic mass is 35.5. The summed E-state index contributed by atoms with van der Waals surface area (Å²) in [4.78, 5) is 4.38. The van der Waals surface area contributed by atoms with E-state index in [4.69, 9.17) is 11.6 Å². The van der Waals surface area contributed by atoms with Gasteiger partial charge in [0.25, 0.3) is 6.43 Å². The molecule has 2 fully saturated rings. The third kappa shape index (κ3) is 2.46. The monoisotopic (exact) mass is 302 g/mol. The van der Waals surface area contributed by atoms with Crippen LogP contribution in [0.3, 0.4) is 0 Å². The summed E-state index contributed by atoms with van der Waals surface area (Å²) in [6.45, 7) is 2.89. The van der Waals surface area contributed by atoms with Crippen molar-refractivity contribution in [1.82, 2.24) is 15.1 Å². The number of halogens is 3. The second kappa shape index (κ2) is 5.41. The van der Waals surface area contributed by atoms with E-state index in [1.165, 1.54) is 6.07 Å². The summed E-state index contributed by atoms with van der Waals surface area (Å²) in [5.74, 6) is 1.14. The summed E-state index contributed by atoms with van der Waals surface area (Å²) in [7, 11) is 2.09. The SMILES string of the molecule is CN1CC[C@H]2CCN(c3cc(C(F)F)c(Cl)nn3)[C@H]2C1. The predicted octanol–water partition coefficient (Wildman–Crippen LogP) is 2.60. The van der Waals surface area contributed by atoms with Gasteiger partial charge in [-0.2, -0.15) is 0 Å². The van der Waals surface area contributed by atoms with Gasteiger partial charge in [0, 0.05) is 19.1 Å². The lowest BCUT2D eigenvalue weighted by Gasteiger charge is -2.37. The fourth-order valence-corrected chi connectivity index (χ4v) is 3.43. The zero-order valence-electron chi connectivity index (χ0n) is 11.3. The molecule has 7 heteroatoms. The number of rotatable bonds is 2. The molecule has 0 unspecified atom stereocenters. The van der Waals surface area contributed by atoms with Crippen molar-refractivity contribution in [3.8, 4) is 0 Å². The van der Waals surface area contributed by atoms with Crippen LogP contribution in [0.2, 0.25) is 5.15 Å². The molecule has 1 aromatic heterocycles. The quantitative estimate of drug-likeness (QED) is 0.840. The lowest BCUT2D eigenvalue weighted by atomic mass is 9.92. The van der Waals surface area contributed by atoms with Crippen LogP contribution >= 0.6 is 11.6 Å². The molecule has 4 nitrogen and oxygen atoms in total. The predicted molar refractivity (Wildman–Crippen MR) is 73.4 cm³/mol. The molecule has 3 rings (SSSR count). The molecule has 2 aliphatic rings. The molecule has 0 radical (unpaired) electrons. The molecule has 1 aromatic rings. The van der Waals surface area contributed by atoms with Crippen LogP contribution in [0.1, 0.15) is 24.8 Å². The van der Waals surface area contributed by atoms with Crippen LogP contribution in [0, 0.1) is 5.92 Å². The van der Waals surface area contributed by atoms with Crippen molar-refractivity contribution in [3.05, 3.63) is 16.8 Å². The van der Waals surface area contributed by atoms with Crippen LogP contribution in [-0.2, 0) is 0 Å². The van der Waals surface area contributed by atoms with E-state index in [1.807, 2.05) is 0 Å². The molecule has 2 atom stereocenters. The maximum atomic E-state index is 12.9. The number of likely N-dealkylation sites (tertiary alicyclic amines) is 1. The Morgan fingerprint density at radius 1 is 1.30 bits per heavy atom. The van der Waals surface area contributed by atoms with Gasteiger partial charge in [0.1, 0.15) is 0 Å². The van der Waals surface area contributed by atoms with Gasteiger partial charge in [0.05, 0.1) is 5.56 Å². The first-order valence-corrected chi connectivity index (χ1v) is 7.20. The molecule has 3 heterocycles. The number of piperidine rings is 1. The highest BCUT2D eigenvalue weighted by Gasteiger charge is 2.38. The van der Waals surface area contributed by atoms with E-state index in [0.717, 1.165) is 32.5 Å². The van der Waals surface area contributed by atoms with E-state index in [-0.39, 0.29) is 10.7 Å². The molecule has 0 saturated carbocycles. The molecular formula is C13H17ClF2N4. The van der Waals surface area contributed by atoms with Crippen molar-refractivity contribution in [2.45, 2.75) is 25.3 Å². The molecule has 0 amide bonds. The minimum absolute atomic E-state index is 0.208. The maximum absolute atomic E-state index is 12.9. The minimum Gasteiger partial charge on any atom is -0.351 e. The van der Waals surface area contributed by atoms with Crippen molar-refractivity contribution in [2.75, 3.05) is 31.6 Å². The number of aromatic nitrogens is 2. The van der Waals surface area contributed by atoms with Crippen LogP contribution in [0.15, 0.2) is 6.07 Å². The van der Waals surface area contributed by atoms with Gasteiger partial charge in [-0.3, -0.25) is 0 Å². The van der Waals surface area contributed by atoms with Gasteiger partial charge in [-0.05, 0) is 38.4 Å². The van der Waals surface area contributed by atoms with Crippen LogP contribution in [-0.4, -0.2) is 47.8 Å². The second-order valence-electron chi connectivity index (χ2n) is 5.61. The van der Waals surface area contributed by atoms with E-state index in [9.17, 15) is 8.78 Å². The highest BCUT2D eigenvalue weighted by molar-refractivity contribution is 6.30. The first-order valence-electron chi connectivity index (χ1n) is 6.82. The Labute approximate surface area is 121 Å². The number of anilines is 1. The summed E-state index contributed by atoms with van der Waals surface area (Å²) in [6.07, 6.45) is -0.378. The highest BCUT2D eigenvalue weighted by Crippen LogP contribution is 2.35. The van der Waals surface area contributed by atoms with Crippen molar-refractivity contribution >= 4 is 17.4 Å². The molecule has 110 valence electrons. The summed E-state index contributed by atoms with van der Waals surface area (Å²) < 4.78 is 25.8. The Hall–Kier alpha value is -1.01. The average molecular weight is 303 g/mol. The van der Waals surface area contributed by atoms with Crippen LogP contribution in [0.25, 0.3) is 0 Å². The van der Waals surface area contributed by atoms with Crippen molar-refractivity contribution < 1.29 is 8.78 Å². The number of alkyl halides is 2. The van der Waals surface area contributed by atoms with Crippen LogP contribution in [0.5, 0.6) is 0 Å². The zero-order valence-corrected chi connectivity index (χ0v) is 12.0. The Kier molecular flexibility index (Phi) is 3.77. The summed E-state index contributed by atoms with van der Waals surface area (Å²) in [5.41, 5.74) is -0.232. The Balaban J connectivity index is 1.87. The fourth-order valence-electron chi connectivity index (χ4n) is 3.26. The number of hydrogen-bond donors (Lipinski definition) is 0. The van der Waals surface area contributed by atoms with Gasteiger partial charge in [-0.15, -0.1) is 10.2 Å². The van der Waals surface area contributed by atoms with Crippen molar-refractivity contribution in [1.29, 1.82) is 0 Å². The molecule has 0 bridgehead atoms. The molecule has 20 heavy (non-hydrogen) atoms. The second-order valence-corrected chi connectivity index (χ2v) is 5.97. The van der Waals surface area contributed by atoms with E-state index in [0.29, 0.717) is 17.8 Å². The normalized spacial score (nSPS) is 27.1. The van der Waals surface area contributed by atoms with E-state index < -0.39 is 6.43 Å². The smallest absolute Gasteiger partial charge is 0.267 e. The molecule has 0 aromatic carbocycles. The lowest BCUT2D eigenvalue weighted by Crippen LogP contribution is -2.47. The first-order chi connectivity index (χ1) is 9.56. The van der Waals surface area contributed by atoms with Crippen LogP contribution < -0.4 is 4.90 Å². The molecule has 0 spiro atoms. The zero-order chi connectivity index (χ0) is 14.3. The summed E-state index contributed by atoms with van der Waals surface area (Å²) >= 11 is 5.68. The van der Waals surface area contributed by atoms with Gasteiger partial charge in [-0.1, -0.05) is 11.6 Å². The van der Waals surface area contributed by atoms with Gasteiger partial charge >= 0.3 is 0 Å². The van der Waals surface area contributed by atoms with Gasteiger partial charge in [0.15, 0.2) is 11.0 Å². The van der Waals surface area contributed by atoms with Gasteiger partial charge in [-0.25, -0.2) is 8.78 Å². The average Bonchev–Trinajstić information content (AvgIpc) is 2.82. The molecular weight excluding hydrogens is 286 g/mol. The molecule has 2 aliphatic heterocycles. The largest absolute Gasteiger partial charge is 0.351 e. The minimum atomic E-state index is -2.62. The molecule has 0 aliphatic carbocycles. The third-order valence-electron chi connectivity index (χ3n) is 4.36. The van der Waals surface area contributed by atoms with Crippen LogP contribution in [0.4, 0.5) is 14.6 Å². The number of likely N-dealkylation sites (N-methyl/N-ethyl adjacent to an activating group) is 1. The lowest BCUT2D eigenvalue weighted by molar-refractivity contribution is 0.151. The van der Waals surface area contributed by atoms with Gasteiger partial charge in [0.2, 0.25) is 0 Å².